The highest BCUT2D eigenvalue weighted by Gasteiger charge is 2.27. The second kappa shape index (κ2) is 26.5. The predicted octanol–water partition coefficient (Wildman–Crippen LogP) is 11.2. The SMILES string of the molecule is CN(C)C1CCC(N)CC1.COc1nc(CS(=O)(=O)c2ccccc2Cl)c(F)cc1-c1ccc2nc(F)ncc2c1.COc1nc(CS(=O)(=O)c2ccccc2Cl)c(F)cc1-c1ccc2nc(NC3CCC(N(C)C)CC3)ncc2c1. The molecule has 0 aliphatic heterocycles. The second-order valence-electron chi connectivity index (χ2n) is 20.4. The maximum absolute atomic E-state index is 15.2. The van der Waals surface area contributed by atoms with Crippen LogP contribution in [0.15, 0.2) is 119 Å². The normalized spacial score (nSPS) is 17.5. The summed E-state index contributed by atoms with van der Waals surface area (Å²) >= 11 is 12.1. The Morgan fingerprint density at radius 1 is 0.580 bits per heavy atom. The number of halogens is 5. The van der Waals surface area contributed by atoms with Crippen molar-refractivity contribution < 1.29 is 39.5 Å². The third-order valence-electron chi connectivity index (χ3n) is 14.4. The molecule has 8 aromatic rings. The lowest BCUT2D eigenvalue weighted by molar-refractivity contribution is 0.217. The number of ether oxygens (including phenoxy) is 2. The Kier molecular flexibility index (Phi) is 19.8. The number of nitrogens with zero attached hydrogens (tertiary/aromatic N) is 8. The molecule has 23 heteroatoms. The largest absolute Gasteiger partial charge is 0.481 e. The molecule has 428 valence electrons. The van der Waals surface area contributed by atoms with Gasteiger partial charge in [0.15, 0.2) is 19.7 Å². The van der Waals surface area contributed by atoms with Crippen molar-refractivity contribution in [3.05, 3.63) is 149 Å². The Balaban J connectivity index is 0.000000185. The number of nitrogens with one attached hydrogen (secondary N) is 1. The van der Waals surface area contributed by atoms with Crippen LogP contribution >= 0.6 is 23.2 Å². The molecule has 4 aromatic carbocycles. The van der Waals surface area contributed by atoms with Crippen molar-refractivity contribution in [2.24, 2.45) is 5.73 Å². The van der Waals surface area contributed by atoms with Gasteiger partial charge in [0.1, 0.15) is 23.1 Å². The molecule has 0 saturated heterocycles. The molecule has 0 radical (unpaired) electrons. The smallest absolute Gasteiger partial charge is 0.309 e. The summed E-state index contributed by atoms with van der Waals surface area (Å²) < 4.78 is 105. The standard InChI is InChI=1S/C29H31ClFN5O3S.C21H14ClF2N3O3S.C8H18N2/c1-36(2)21-11-9-20(10-12-21)33-29-32-16-19-14-18(8-13-25(19)35-29)22-15-24(31)26(34-28(22)39-3)17-40(37,38)27-7-5-4-6-23(27)30;1-30-20-14(12-6-7-17-13(8-12)10-25-21(24)27-17)9-16(23)18(26-20)11-31(28,29)19-5-3-2-4-15(19)22;1-10(2)8-5-3-7(9)4-6-8/h4-8,13-16,20-21H,9-12,17H2,1-3H3,(H,32,33,35);2-10H,11H2,1H3;7-8H,3-6,9H2,1-2H3. The van der Waals surface area contributed by atoms with Crippen LogP contribution in [0.5, 0.6) is 11.8 Å². The summed E-state index contributed by atoms with van der Waals surface area (Å²) in [6.07, 6.45) is 11.6. The van der Waals surface area contributed by atoms with Gasteiger partial charge in [-0.3, -0.25) is 0 Å². The highest BCUT2D eigenvalue weighted by atomic mass is 35.5. The third-order valence-corrected chi connectivity index (χ3v) is 18.6. The molecule has 4 aromatic heterocycles. The van der Waals surface area contributed by atoms with Crippen molar-refractivity contribution in [3.63, 3.8) is 0 Å². The number of aromatic nitrogens is 6. The minimum atomic E-state index is -3.94. The van der Waals surface area contributed by atoms with Crippen LogP contribution in [-0.2, 0) is 31.2 Å². The van der Waals surface area contributed by atoms with Crippen molar-refractivity contribution in [1.82, 2.24) is 39.7 Å². The van der Waals surface area contributed by atoms with E-state index in [1.165, 1.54) is 82.5 Å². The quantitative estimate of drug-likeness (QED) is 0.0970. The van der Waals surface area contributed by atoms with E-state index in [4.69, 9.17) is 38.4 Å². The monoisotopic (exact) mass is 1190 g/mol. The van der Waals surface area contributed by atoms with Gasteiger partial charge in [-0.1, -0.05) is 59.6 Å². The number of anilines is 1. The molecule has 3 N–H and O–H groups in total. The van der Waals surface area contributed by atoms with Gasteiger partial charge in [-0.05, 0) is 151 Å². The van der Waals surface area contributed by atoms with Gasteiger partial charge in [0.25, 0.3) is 0 Å². The van der Waals surface area contributed by atoms with Crippen molar-refractivity contribution in [3.8, 4) is 34.0 Å². The number of sulfone groups is 2. The molecular weight excluding hydrogens is 1120 g/mol. The predicted molar refractivity (Wildman–Crippen MR) is 310 cm³/mol. The van der Waals surface area contributed by atoms with E-state index in [1.807, 2.05) is 12.1 Å². The highest BCUT2D eigenvalue weighted by molar-refractivity contribution is 7.91. The molecule has 2 saturated carbocycles. The lowest BCUT2D eigenvalue weighted by Gasteiger charge is -2.32. The van der Waals surface area contributed by atoms with Gasteiger partial charge in [-0.2, -0.15) is 4.39 Å². The molecule has 81 heavy (non-hydrogen) atoms. The average Bonchev–Trinajstić information content (AvgIpc) is 3.51. The van der Waals surface area contributed by atoms with Gasteiger partial charge in [0.2, 0.25) is 17.7 Å². The first-order valence-electron chi connectivity index (χ1n) is 26.1. The van der Waals surface area contributed by atoms with E-state index in [9.17, 15) is 25.6 Å². The van der Waals surface area contributed by atoms with Crippen molar-refractivity contribution in [2.75, 3.05) is 47.7 Å². The van der Waals surface area contributed by atoms with Crippen LogP contribution in [0.2, 0.25) is 10.0 Å². The van der Waals surface area contributed by atoms with E-state index in [1.54, 1.807) is 48.7 Å². The van der Waals surface area contributed by atoms with E-state index >= 15 is 4.39 Å². The van der Waals surface area contributed by atoms with Crippen LogP contribution in [0.3, 0.4) is 0 Å². The Bertz CT molecular complexity index is 3760. The fourth-order valence-corrected chi connectivity index (χ4v) is 13.6. The molecule has 2 aliphatic carbocycles. The van der Waals surface area contributed by atoms with Gasteiger partial charge >= 0.3 is 6.08 Å². The fourth-order valence-electron chi connectivity index (χ4n) is 9.84. The van der Waals surface area contributed by atoms with Crippen LogP contribution < -0.4 is 20.5 Å². The van der Waals surface area contributed by atoms with E-state index < -0.39 is 48.9 Å². The zero-order valence-corrected chi connectivity index (χ0v) is 48.7. The molecule has 16 nitrogen and oxygen atoms in total. The molecule has 2 aliphatic rings. The zero-order valence-electron chi connectivity index (χ0n) is 45.6. The molecule has 0 bridgehead atoms. The molecule has 0 amide bonds. The first-order valence-corrected chi connectivity index (χ1v) is 30.1. The maximum atomic E-state index is 15.2. The number of hydrogen-bond donors (Lipinski definition) is 2. The maximum Gasteiger partial charge on any atom is 0.309 e. The number of pyridine rings is 2. The summed E-state index contributed by atoms with van der Waals surface area (Å²) in [7, 11) is 3.43. The van der Waals surface area contributed by atoms with E-state index in [-0.39, 0.29) is 43.0 Å². The van der Waals surface area contributed by atoms with Crippen LogP contribution in [0.1, 0.15) is 62.8 Å². The molecule has 2 fully saturated rings. The van der Waals surface area contributed by atoms with Crippen LogP contribution in [0.25, 0.3) is 44.1 Å². The number of benzene rings is 4. The number of rotatable bonds is 14. The summed E-state index contributed by atoms with van der Waals surface area (Å²) in [5.74, 6) is -2.19. The van der Waals surface area contributed by atoms with Gasteiger partial charge in [0, 0.05) is 58.5 Å². The van der Waals surface area contributed by atoms with Gasteiger partial charge < -0.3 is 30.3 Å². The molecule has 0 spiro atoms. The van der Waals surface area contributed by atoms with Crippen molar-refractivity contribution >= 4 is 70.6 Å². The molecule has 4 heterocycles. The molecule has 0 unspecified atom stereocenters. The minimum absolute atomic E-state index is 0.0353. The Morgan fingerprint density at radius 3 is 1.46 bits per heavy atom. The van der Waals surface area contributed by atoms with Crippen LogP contribution in [0.4, 0.5) is 19.1 Å². The van der Waals surface area contributed by atoms with Gasteiger partial charge in [-0.25, -0.2) is 55.5 Å². The highest BCUT2D eigenvalue weighted by Crippen LogP contribution is 2.36. The summed E-state index contributed by atoms with van der Waals surface area (Å²) in [6, 6.07) is 26.9. The number of fused-ring (bicyclic) bond motifs is 2. The molecular formula is C58H63Cl2F3N10O6S2. The van der Waals surface area contributed by atoms with Crippen LogP contribution in [0, 0.1) is 17.7 Å². The number of nitrogens with two attached hydrogens (primary N) is 1. The van der Waals surface area contributed by atoms with E-state index in [0.717, 1.165) is 48.7 Å². The summed E-state index contributed by atoms with van der Waals surface area (Å²) in [5.41, 5.74) is 8.21. The minimum Gasteiger partial charge on any atom is -0.481 e. The van der Waals surface area contributed by atoms with Crippen molar-refractivity contribution in [2.45, 2.75) is 96.8 Å². The summed E-state index contributed by atoms with van der Waals surface area (Å²) in [6.45, 7) is 0. The second-order valence-corrected chi connectivity index (χ2v) is 25.1. The number of hydrogen-bond acceptors (Lipinski definition) is 16. The van der Waals surface area contributed by atoms with Gasteiger partial charge in [0.05, 0.1) is 56.5 Å². The number of methoxy groups -OCH3 is 2. The van der Waals surface area contributed by atoms with E-state index in [2.05, 4.69) is 73.2 Å². The first-order chi connectivity index (χ1) is 38.6. The molecule has 10 rings (SSSR count). The Morgan fingerprint density at radius 2 is 1.01 bits per heavy atom. The Hall–Kier alpha value is -6.59. The topological polar surface area (TPSA) is 209 Å². The summed E-state index contributed by atoms with van der Waals surface area (Å²) in [4.78, 5) is 29.1. The fraction of sp³-hybridized carbons (Fsp3) is 0.345. The van der Waals surface area contributed by atoms with Gasteiger partial charge in [-0.15, -0.1) is 0 Å². The van der Waals surface area contributed by atoms with Crippen LogP contribution in [-0.4, -0.2) is 123 Å². The van der Waals surface area contributed by atoms with Crippen molar-refractivity contribution in [1.29, 1.82) is 0 Å². The van der Waals surface area contributed by atoms with E-state index in [0.29, 0.717) is 57.2 Å². The Labute approximate surface area is 480 Å². The third kappa shape index (κ3) is 15.1. The lowest BCUT2D eigenvalue weighted by atomic mass is 9.91. The molecule has 0 atom stereocenters. The average molecular weight is 1190 g/mol. The zero-order chi connectivity index (χ0) is 58.2. The lowest BCUT2D eigenvalue weighted by Crippen LogP contribution is -2.36. The first kappa shape index (κ1) is 60.5. The summed E-state index contributed by atoms with van der Waals surface area (Å²) in [5, 5.41) is 4.88.